The first-order chi connectivity index (χ1) is 9.25. The number of benzene rings is 1. The topological polar surface area (TPSA) is 43.1 Å². The first kappa shape index (κ1) is 11.5. The molecule has 1 aromatic carbocycles. The summed E-state index contributed by atoms with van der Waals surface area (Å²) in [5.41, 5.74) is 10.4. The SMILES string of the molecule is NC(=O)C1=CC=C2C(=CC=Cc3ccccc32)C=C1. The molecule has 0 saturated heterocycles. The van der Waals surface area contributed by atoms with Crippen LogP contribution in [0.4, 0.5) is 0 Å². The molecule has 2 N–H and O–H groups in total. The third-order valence-corrected chi connectivity index (χ3v) is 3.27. The minimum atomic E-state index is -0.408. The summed E-state index contributed by atoms with van der Waals surface area (Å²) in [7, 11) is 0. The predicted molar refractivity (Wildman–Crippen MR) is 78.0 cm³/mol. The molecule has 0 fully saturated rings. The number of rotatable bonds is 1. The van der Waals surface area contributed by atoms with Crippen molar-refractivity contribution in [3.8, 4) is 0 Å². The molecule has 0 aliphatic heterocycles. The molecule has 0 aromatic heterocycles. The lowest BCUT2D eigenvalue weighted by molar-refractivity contribution is -0.114. The van der Waals surface area contributed by atoms with Gasteiger partial charge < -0.3 is 5.73 Å². The minimum Gasteiger partial charge on any atom is -0.366 e. The molecule has 2 heteroatoms. The number of hydrogen-bond acceptors (Lipinski definition) is 1. The van der Waals surface area contributed by atoms with E-state index < -0.39 is 5.91 Å². The average molecular weight is 247 g/mol. The monoisotopic (exact) mass is 247 g/mol. The zero-order valence-corrected chi connectivity index (χ0v) is 10.3. The maximum absolute atomic E-state index is 11.3. The summed E-state index contributed by atoms with van der Waals surface area (Å²) in [6.45, 7) is 0. The quantitative estimate of drug-likeness (QED) is 0.814. The van der Waals surface area contributed by atoms with Crippen molar-refractivity contribution in [2.24, 2.45) is 5.73 Å². The first-order valence-electron chi connectivity index (χ1n) is 6.14. The van der Waals surface area contributed by atoms with E-state index in [1.807, 2.05) is 36.4 Å². The van der Waals surface area contributed by atoms with Crippen molar-refractivity contribution in [3.05, 3.63) is 83.0 Å². The summed E-state index contributed by atoms with van der Waals surface area (Å²) in [6, 6.07) is 8.20. The Morgan fingerprint density at radius 1 is 0.947 bits per heavy atom. The lowest BCUT2D eigenvalue weighted by atomic mass is 9.95. The van der Waals surface area contributed by atoms with Gasteiger partial charge in [-0.15, -0.1) is 0 Å². The van der Waals surface area contributed by atoms with E-state index in [-0.39, 0.29) is 0 Å². The molecule has 2 aliphatic carbocycles. The number of allylic oxidation sites excluding steroid dienone is 7. The number of carbonyl (C=O) groups excluding carboxylic acids is 1. The highest BCUT2D eigenvalue weighted by atomic mass is 16.1. The van der Waals surface area contributed by atoms with Crippen LogP contribution in [-0.2, 0) is 4.79 Å². The number of fused-ring (bicyclic) bond motifs is 3. The summed E-state index contributed by atoms with van der Waals surface area (Å²) in [5.74, 6) is -0.408. The molecule has 2 nitrogen and oxygen atoms in total. The van der Waals surface area contributed by atoms with Crippen LogP contribution in [0.3, 0.4) is 0 Å². The summed E-state index contributed by atoms with van der Waals surface area (Å²) in [6.07, 6.45) is 13.6. The van der Waals surface area contributed by atoms with Gasteiger partial charge in [-0.1, -0.05) is 54.6 Å². The second-order valence-corrected chi connectivity index (χ2v) is 4.47. The lowest BCUT2D eigenvalue weighted by Gasteiger charge is -2.09. The number of hydrogen-bond donors (Lipinski definition) is 1. The Bertz CT molecular complexity index is 700. The molecule has 0 unspecified atom stereocenters. The Hall–Kier alpha value is -2.61. The van der Waals surface area contributed by atoms with Gasteiger partial charge in [0.15, 0.2) is 0 Å². The van der Waals surface area contributed by atoms with Gasteiger partial charge in [0.25, 0.3) is 0 Å². The Balaban J connectivity index is 2.20. The first-order valence-corrected chi connectivity index (χ1v) is 6.14. The normalized spacial score (nSPS) is 16.3. The van der Waals surface area contributed by atoms with Crippen LogP contribution in [0.2, 0.25) is 0 Å². The maximum atomic E-state index is 11.3. The van der Waals surface area contributed by atoms with Crippen molar-refractivity contribution in [1.29, 1.82) is 0 Å². The number of nitrogens with two attached hydrogens (primary N) is 1. The van der Waals surface area contributed by atoms with Crippen molar-refractivity contribution in [3.63, 3.8) is 0 Å². The van der Waals surface area contributed by atoms with Crippen molar-refractivity contribution in [1.82, 2.24) is 0 Å². The Morgan fingerprint density at radius 3 is 2.63 bits per heavy atom. The fraction of sp³-hybridized carbons (Fsp3) is 0. The molecular formula is C17H13NO. The van der Waals surface area contributed by atoms with Crippen LogP contribution in [0.1, 0.15) is 11.1 Å². The molecule has 0 radical (unpaired) electrons. The van der Waals surface area contributed by atoms with Crippen LogP contribution in [0, 0.1) is 0 Å². The number of carbonyl (C=O) groups is 1. The van der Waals surface area contributed by atoms with E-state index in [4.69, 9.17) is 5.73 Å². The summed E-state index contributed by atoms with van der Waals surface area (Å²) in [4.78, 5) is 11.3. The lowest BCUT2D eigenvalue weighted by Crippen LogP contribution is -2.11. The molecule has 3 rings (SSSR count). The molecule has 1 amide bonds. The van der Waals surface area contributed by atoms with Crippen LogP contribution in [0.15, 0.2) is 71.9 Å². The average Bonchev–Trinajstić information content (AvgIpc) is 2.70. The van der Waals surface area contributed by atoms with Crippen molar-refractivity contribution >= 4 is 17.6 Å². The highest BCUT2D eigenvalue weighted by Crippen LogP contribution is 2.32. The molecule has 0 atom stereocenters. The second kappa shape index (κ2) is 4.58. The van der Waals surface area contributed by atoms with Gasteiger partial charge in [-0.2, -0.15) is 0 Å². The van der Waals surface area contributed by atoms with E-state index in [0.717, 1.165) is 16.7 Å². The van der Waals surface area contributed by atoms with Crippen LogP contribution < -0.4 is 5.73 Å². The molecule has 0 bridgehead atoms. The van der Waals surface area contributed by atoms with Gasteiger partial charge in [-0.25, -0.2) is 0 Å². The van der Waals surface area contributed by atoms with E-state index in [9.17, 15) is 4.79 Å². The zero-order chi connectivity index (χ0) is 13.2. The van der Waals surface area contributed by atoms with Gasteiger partial charge in [0.05, 0.1) is 0 Å². The van der Waals surface area contributed by atoms with Gasteiger partial charge in [0.1, 0.15) is 0 Å². The standard InChI is InChI=1S/C17H13NO/c18-17(19)14-9-8-13-6-3-5-12-4-1-2-7-15(12)16(13)11-10-14/h1-11H,(H2,18,19). The van der Waals surface area contributed by atoms with E-state index in [1.54, 1.807) is 12.2 Å². The molecule has 1 aromatic rings. The highest BCUT2D eigenvalue weighted by Gasteiger charge is 2.13. The summed E-state index contributed by atoms with van der Waals surface area (Å²) < 4.78 is 0. The fourth-order valence-corrected chi connectivity index (χ4v) is 2.29. The summed E-state index contributed by atoms with van der Waals surface area (Å²) >= 11 is 0. The Labute approximate surface area is 111 Å². The van der Waals surface area contributed by atoms with Crippen molar-refractivity contribution < 1.29 is 4.79 Å². The number of amides is 1. The Kier molecular flexibility index (Phi) is 2.76. The Morgan fingerprint density at radius 2 is 1.79 bits per heavy atom. The van der Waals surface area contributed by atoms with Crippen LogP contribution in [0.25, 0.3) is 11.6 Å². The van der Waals surface area contributed by atoms with E-state index in [2.05, 4.69) is 18.2 Å². The van der Waals surface area contributed by atoms with E-state index >= 15 is 0 Å². The molecule has 0 spiro atoms. The van der Waals surface area contributed by atoms with Crippen molar-refractivity contribution in [2.45, 2.75) is 0 Å². The van der Waals surface area contributed by atoms with Crippen molar-refractivity contribution in [2.75, 3.05) is 0 Å². The minimum absolute atomic E-state index is 0.408. The third-order valence-electron chi connectivity index (χ3n) is 3.27. The third kappa shape index (κ3) is 2.08. The van der Waals surface area contributed by atoms with Gasteiger partial charge in [-0.05, 0) is 34.4 Å². The maximum Gasteiger partial charge on any atom is 0.248 e. The molecule has 2 aliphatic rings. The fourth-order valence-electron chi connectivity index (χ4n) is 2.29. The highest BCUT2D eigenvalue weighted by molar-refractivity contribution is 5.98. The molecule has 19 heavy (non-hydrogen) atoms. The van der Waals surface area contributed by atoms with Gasteiger partial charge in [0, 0.05) is 5.57 Å². The van der Waals surface area contributed by atoms with E-state index in [1.165, 1.54) is 5.56 Å². The van der Waals surface area contributed by atoms with Crippen LogP contribution in [0.5, 0.6) is 0 Å². The largest absolute Gasteiger partial charge is 0.366 e. The summed E-state index contributed by atoms with van der Waals surface area (Å²) in [5, 5.41) is 0. The molecule has 92 valence electrons. The predicted octanol–water partition coefficient (Wildman–Crippen LogP) is 3.00. The zero-order valence-electron chi connectivity index (χ0n) is 10.3. The number of primary amides is 1. The second-order valence-electron chi connectivity index (χ2n) is 4.47. The van der Waals surface area contributed by atoms with Gasteiger partial charge >= 0.3 is 0 Å². The van der Waals surface area contributed by atoms with Gasteiger partial charge in [0.2, 0.25) is 5.91 Å². The molecular weight excluding hydrogens is 234 g/mol. The molecule has 0 heterocycles. The van der Waals surface area contributed by atoms with Crippen LogP contribution >= 0.6 is 0 Å². The van der Waals surface area contributed by atoms with E-state index in [0.29, 0.717) is 5.57 Å². The molecule has 0 saturated carbocycles. The smallest absolute Gasteiger partial charge is 0.248 e. The van der Waals surface area contributed by atoms with Crippen LogP contribution in [-0.4, -0.2) is 5.91 Å². The van der Waals surface area contributed by atoms with Gasteiger partial charge in [-0.3, -0.25) is 4.79 Å².